The predicted molar refractivity (Wildman–Crippen MR) is 80.3 cm³/mol. The first-order valence-corrected chi connectivity index (χ1v) is 7.06. The second-order valence-electron chi connectivity index (χ2n) is 4.73. The van der Waals surface area contributed by atoms with Crippen LogP contribution in [0.5, 0.6) is 0 Å². The summed E-state index contributed by atoms with van der Waals surface area (Å²) in [5, 5.41) is 0.547. The summed E-state index contributed by atoms with van der Waals surface area (Å²) in [6.45, 7) is 6.00. The molecule has 0 aromatic carbocycles. The van der Waals surface area contributed by atoms with Gasteiger partial charge in [0, 0.05) is 12.4 Å². The predicted octanol–water partition coefficient (Wildman–Crippen LogP) is 3.49. The Hall–Kier alpha value is -2.01. The van der Waals surface area contributed by atoms with Gasteiger partial charge in [-0.1, -0.05) is 25.4 Å². The van der Waals surface area contributed by atoms with E-state index in [1.807, 2.05) is 13.8 Å². The minimum Gasteiger partial charge on any atom is -0.462 e. The van der Waals surface area contributed by atoms with Gasteiger partial charge in [0.05, 0.1) is 22.9 Å². The first kappa shape index (κ1) is 15.4. The Labute approximate surface area is 128 Å². The van der Waals surface area contributed by atoms with Crippen LogP contribution in [0.25, 0.3) is 11.5 Å². The van der Waals surface area contributed by atoms with Gasteiger partial charge < -0.3 is 4.74 Å². The van der Waals surface area contributed by atoms with Crippen LogP contribution < -0.4 is 0 Å². The lowest BCUT2D eigenvalue weighted by Gasteiger charge is -2.11. The smallest absolute Gasteiger partial charge is 0.341 e. The van der Waals surface area contributed by atoms with E-state index in [2.05, 4.69) is 15.0 Å². The summed E-state index contributed by atoms with van der Waals surface area (Å²) in [7, 11) is 0. The normalized spacial score (nSPS) is 10.7. The van der Waals surface area contributed by atoms with Crippen LogP contribution in [0, 0.1) is 0 Å². The number of halogens is 1. The van der Waals surface area contributed by atoms with Crippen LogP contribution in [0.4, 0.5) is 0 Å². The summed E-state index contributed by atoms with van der Waals surface area (Å²) in [6, 6.07) is 3.47. The van der Waals surface area contributed by atoms with Crippen molar-refractivity contribution >= 4 is 17.6 Å². The highest BCUT2D eigenvalue weighted by molar-refractivity contribution is 6.30. The van der Waals surface area contributed by atoms with Gasteiger partial charge in [0.25, 0.3) is 0 Å². The highest BCUT2D eigenvalue weighted by atomic mass is 35.5. The molecular weight excluding hydrogens is 290 g/mol. The standard InChI is InChI=1S/C15H16ClN3O2/c1-4-21-15(20)11-8-18-14(19-13(11)9(2)3)12-6-5-10(16)7-17-12/h5-9H,4H2,1-3H3. The van der Waals surface area contributed by atoms with Gasteiger partial charge in [-0.05, 0) is 25.0 Å². The van der Waals surface area contributed by atoms with E-state index in [0.29, 0.717) is 34.4 Å². The highest BCUT2D eigenvalue weighted by Gasteiger charge is 2.18. The number of hydrogen-bond donors (Lipinski definition) is 0. The SMILES string of the molecule is CCOC(=O)c1cnc(-c2ccc(Cl)cn2)nc1C(C)C. The molecule has 0 amide bonds. The van der Waals surface area contributed by atoms with Crippen LogP contribution in [0.2, 0.25) is 5.02 Å². The minimum absolute atomic E-state index is 0.0680. The monoisotopic (exact) mass is 305 g/mol. The highest BCUT2D eigenvalue weighted by Crippen LogP contribution is 2.21. The molecule has 0 atom stereocenters. The number of pyridine rings is 1. The van der Waals surface area contributed by atoms with E-state index in [1.54, 1.807) is 19.1 Å². The van der Waals surface area contributed by atoms with Gasteiger partial charge in [-0.3, -0.25) is 4.98 Å². The summed E-state index contributed by atoms with van der Waals surface area (Å²) in [5.41, 5.74) is 1.65. The number of carbonyl (C=O) groups excluding carboxylic acids is 1. The average Bonchev–Trinajstić information content (AvgIpc) is 2.47. The van der Waals surface area contributed by atoms with Crippen molar-refractivity contribution in [3.05, 3.63) is 40.8 Å². The van der Waals surface area contributed by atoms with Crippen molar-refractivity contribution in [2.24, 2.45) is 0 Å². The van der Waals surface area contributed by atoms with Gasteiger partial charge >= 0.3 is 5.97 Å². The van der Waals surface area contributed by atoms with E-state index in [-0.39, 0.29) is 5.92 Å². The second-order valence-corrected chi connectivity index (χ2v) is 5.17. The molecule has 0 bridgehead atoms. The van der Waals surface area contributed by atoms with Crippen molar-refractivity contribution in [2.75, 3.05) is 6.61 Å². The Morgan fingerprint density at radius 2 is 2.05 bits per heavy atom. The Balaban J connectivity index is 2.45. The molecule has 0 N–H and O–H groups in total. The molecule has 0 aliphatic carbocycles. The Bertz CT molecular complexity index is 642. The van der Waals surface area contributed by atoms with Crippen LogP contribution >= 0.6 is 11.6 Å². The van der Waals surface area contributed by atoms with Crippen molar-refractivity contribution in [2.45, 2.75) is 26.7 Å². The number of carbonyl (C=O) groups is 1. The molecule has 110 valence electrons. The lowest BCUT2D eigenvalue weighted by Crippen LogP contribution is -2.12. The third-order valence-electron chi connectivity index (χ3n) is 2.82. The van der Waals surface area contributed by atoms with E-state index < -0.39 is 5.97 Å². The van der Waals surface area contributed by atoms with Gasteiger partial charge in [-0.2, -0.15) is 0 Å². The molecule has 2 heterocycles. The van der Waals surface area contributed by atoms with Gasteiger partial charge in [0.15, 0.2) is 5.82 Å². The van der Waals surface area contributed by atoms with E-state index in [0.717, 1.165) is 0 Å². The summed E-state index contributed by atoms with van der Waals surface area (Å²) in [5.74, 6) is 0.124. The maximum atomic E-state index is 11.9. The molecule has 0 saturated carbocycles. The number of ether oxygens (including phenoxy) is 1. The number of hydrogen-bond acceptors (Lipinski definition) is 5. The fourth-order valence-electron chi connectivity index (χ4n) is 1.83. The summed E-state index contributed by atoms with van der Waals surface area (Å²) >= 11 is 5.82. The zero-order chi connectivity index (χ0) is 15.4. The lowest BCUT2D eigenvalue weighted by atomic mass is 10.1. The Kier molecular flexibility index (Phi) is 4.85. The van der Waals surface area contributed by atoms with Crippen molar-refractivity contribution in [1.82, 2.24) is 15.0 Å². The van der Waals surface area contributed by atoms with Crippen LogP contribution in [-0.2, 0) is 4.74 Å². The topological polar surface area (TPSA) is 65.0 Å². The molecule has 0 fully saturated rings. The zero-order valence-electron chi connectivity index (χ0n) is 12.1. The third-order valence-corrected chi connectivity index (χ3v) is 3.04. The molecule has 21 heavy (non-hydrogen) atoms. The molecule has 0 spiro atoms. The molecule has 5 nitrogen and oxygen atoms in total. The van der Waals surface area contributed by atoms with Crippen molar-refractivity contribution < 1.29 is 9.53 Å². The summed E-state index contributed by atoms with van der Waals surface area (Å²) < 4.78 is 5.03. The Morgan fingerprint density at radius 3 is 2.62 bits per heavy atom. The van der Waals surface area contributed by atoms with Crippen LogP contribution in [0.15, 0.2) is 24.5 Å². The van der Waals surface area contributed by atoms with E-state index in [9.17, 15) is 4.79 Å². The zero-order valence-corrected chi connectivity index (χ0v) is 12.9. The maximum Gasteiger partial charge on any atom is 0.341 e. The Morgan fingerprint density at radius 1 is 1.29 bits per heavy atom. The first-order chi connectivity index (χ1) is 10.0. The third kappa shape index (κ3) is 3.55. The van der Waals surface area contributed by atoms with Crippen LogP contribution in [0.3, 0.4) is 0 Å². The van der Waals surface area contributed by atoms with Crippen molar-refractivity contribution in [3.8, 4) is 11.5 Å². The van der Waals surface area contributed by atoms with E-state index >= 15 is 0 Å². The van der Waals surface area contributed by atoms with Gasteiger partial charge in [-0.15, -0.1) is 0 Å². The molecule has 2 aromatic rings. The molecule has 0 aliphatic rings. The quantitative estimate of drug-likeness (QED) is 0.809. The van der Waals surface area contributed by atoms with E-state index in [4.69, 9.17) is 16.3 Å². The van der Waals surface area contributed by atoms with Crippen LogP contribution in [-0.4, -0.2) is 27.5 Å². The lowest BCUT2D eigenvalue weighted by molar-refractivity contribution is 0.0523. The van der Waals surface area contributed by atoms with Crippen molar-refractivity contribution in [3.63, 3.8) is 0 Å². The number of nitrogens with zero attached hydrogens (tertiary/aromatic N) is 3. The fraction of sp³-hybridized carbons (Fsp3) is 0.333. The molecule has 0 aliphatic heterocycles. The van der Waals surface area contributed by atoms with E-state index in [1.165, 1.54) is 12.4 Å². The largest absolute Gasteiger partial charge is 0.462 e. The fourth-order valence-corrected chi connectivity index (χ4v) is 1.94. The number of rotatable bonds is 4. The summed E-state index contributed by atoms with van der Waals surface area (Å²) in [4.78, 5) is 24.8. The van der Waals surface area contributed by atoms with Crippen molar-refractivity contribution in [1.29, 1.82) is 0 Å². The second kappa shape index (κ2) is 6.63. The number of aromatic nitrogens is 3. The maximum absolute atomic E-state index is 11.9. The van der Waals surface area contributed by atoms with Gasteiger partial charge in [-0.25, -0.2) is 14.8 Å². The minimum atomic E-state index is -0.406. The molecule has 2 rings (SSSR count). The molecule has 0 radical (unpaired) electrons. The molecule has 6 heteroatoms. The molecule has 0 saturated heterocycles. The van der Waals surface area contributed by atoms with Gasteiger partial charge in [0.1, 0.15) is 5.69 Å². The summed E-state index contributed by atoms with van der Waals surface area (Å²) in [6.07, 6.45) is 3.03. The van der Waals surface area contributed by atoms with Gasteiger partial charge in [0.2, 0.25) is 0 Å². The molecule has 2 aromatic heterocycles. The first-order valence-electron chi connectivity index (χ1n) is 6.69. The van der Waals surface area contributed by atoms with Crippen LogP contribution in [0.1, 0.15) is 42.7 Å². The molecular formula is C15H16ClN3O2. The number of esters is 1. The average molecular weight is 306 g/mol. The molecule has 0 unspecified atom stereocenters.